The fourth-order valence-electron chi connectivity index (χ4n) is 2.93. The summed E-state index contributed by atoms with van der Waals surface area (Å²) in [5.41, 5.74) is 9.09. The molecule has 0 fully saturated rings. The lowest BCUT2D eigenvalue weighted by Crippen LogP contribution is -2.41. The van der Waals surface area contributed by atoms with Gasteiger partial charge in [0.15, 0.2) is 0 Å². The molecule has 0 amide bonds. The molecule has 1 aliphatic rings. The molecule has 1 aromatic rings. The van der Waals surface area contributed by atoms with E-state index in [1.54, 1.807) is 7.11 Å². The molecule has 0 aliphatic heterocycles. The van der Waals surface area contributed by atoms with Crippen molar-refractivity contribution in [1.82, 2.24) is 0 Å². The Morgan fingerprint density at radius 2 is 1.76 bits per heavy atom. The van der Waals surface area contributed by atoms with E-state index in [1.165, 1.54) is 11.1 Å². The lowest BCUT2D eigenvalue weighted by Gasteiger charge is -2.35. The first-order chi connectivity index (χ1) is 10.3. The van der Waals surface area contributed by atoms with Crippen molar-refractivity contribution in [3.63, 3.8) is 0 Å². The highest BCUT2D eigenvalue weighted by atomic mass is 16.5. The number of nitrogens with two attached hydrogens (primary N) is 1. The molecular formula is C17H27NO3. The van der Waals surface area contributed by atoms with E-state index in [0.29, 0.717) is 33.0 Å². The minimum atomic E-state index is -0.230. The van der Waals surface area contributed by atoms with Crippen LogP contribution < -0.4 is 5.73 Å². The molecule has 0 aromatic heterocycles. The zero-order valence-electron chi connectivity index (χ0n) is 13.0. The number of aryl methyl sites for hydroxylation is 1. The molecule has 1 unspecified atom stereocenters. The largest absolute Gasteiger partial charge is 0.382 e. The minimum Gasteiger partial charge on any atom is -0.382 e. The normalized spacial score (nSPS) is 21.2. The molecular weight excluding hydrogens is 266 g/mol. The van der Waals surface area contributed by atoms with E-state index in [4.69, 9.17) is 19.9 Å². The van der Waals surface area contributed by atoms with Crippen molar-refractivity contribution in [2.45, 2.75) is 31.2 Å². The Labute approximate surface area is 127 Å². The molecule has 0 heterocycles. The third-order valence-corrected chi connectivity index (χ3v) is 4.12. The van der Waals surface area contributed by atoms with Crippen LogP contribution in [0.2, 0.25) is 0 Å². The molecule has 0 bridgehead atoms. The lowest BCUT2D eigenvalue weighted by molar-refractivity contribution is 0.0200. The highest BCUT2D eigenvalue weighted by Gasteiger charge is 2.31. The number of methoxy groups -OCH3 is 1. The van der Waals surface area contributed by atoms with Gasteiger partial charge in [0.2, 0.25) is 0 Å². The van der Waals surface area contributed by atoms with Crippen LogP contribution in [0.1, 0.15) is 30.4 Å². The van der Waals surface area contributed by atoms with Gasteiger partial charge < -0.3 is 19.9 Å². The summed E-state index contributed by atoms with van der Waals surface area (Å²) in [4.78, 5) is 0. The Hall–Kier alpha value is -0.940. The molecule has 2 rings (SSSR count). The van der Waals surface area contributed by atoms with Gasteiger partial charge in [0.05, 0.1) is 26.4 Å². The first kappa shape index (κ1) is 16.4. The van der Waals surface area contributed by atoms with Gasteiger partial charge in [-0.15, -0.1) is 0 Å². The van der Waals surface area contributed by atoms with Gasteiger partial charge in [-0.3, -0.25) is 0 Å². The van der Waals surface area contributed by atoms with Crippen molar-refractivity contribution in [3.8, 4) is 0 Å². The van der Waals surface area contributed by atoms with Crippen LogP contribution in [0.5, 0.6) is 0 Å². The van der Waals surface area contributed by atoms with E-state index >= 15 is 0 Å². The number of rotatable bonds is 9. The fourth-order valence-corrected chi connectivity index (χ4v) is 2.93. The van der Waals surface area contributed by atoms with Crippen LogP contribution in [0.3, 0.4) is 0 Å². The fraction of sp³-hybridized carbons (Fsp3) is 0.647. The Kier molecular flexibility index (Phi) is 6.64. The first-order valence-electron chi connectivity index (χ1n) is 7.78. The summed E-state index contributed by atoms with van der Waals surface area (Å²) in [6, 6.07) is 8.54. The van der Waals surface area contributed by atoms with Gasteiger partial charge in [-0.25, -0.2) is 0 Å². The second-order valence-corrected chi connectivity index (χ2v) is 5.63. The molecule has 4 heteroatoms. The summed E-state index contributed by atoms with van der Waals surface area (Å²) in [7, 11) is 1.67. The van der Waals surface area contributed by atoms with Gasteiger partial charge in [0, 0.05) is 19.3 Å². The highest BCUT2D eigenvalue weighted by molar-refractivity contribution is 5.35. The third-order valence-electron chi connectivity index (χ3n) is 4.12. The summed E-state index contributed by atoms with van der Waals surface area (Å²) in [6.07, 6.45) is 4.21. The van der Waals surface area contributed by atoms with E-state index < -0.39 is 0 Å². The number of fused-ring (bicyclic) bond motifs is 1. The minimum absolute atomic E-state index is 0.230. The van der Waals surface area contributed by atoms with Crippen LogP contribution in [-0.2, 0) is 26.2 Å². The van der Waals surface area contributed by atoms with Crippen LogP contribution in [0.15, 0.2) is 24.3 Å². The average Bonchev–Trinajstić information content (AvgIpc) is 2.50. The predicted octanol–water partition coefficient (Wildman–Crippen LogP) is 2.25. The predicted molar refractivity (Wildman–Crippen MR) is 83.4 cm³/mol. The van der Waals surface area contributed by atoms with Crippen molar-refractivity contribution in [1.29, 1.82) is 0 Å². The first-order valence-corrected chi connectivity index (χ1v) is 7.78. The number of ether oxygens (including phenoxy) is 3. The zero-order valence-corrected chi connectivity index (χ0v) is 13.0. The summed E-state index contributed by atoms with van der Waals surface area (Å²) >= 11 is 0. The number of hydrogen-bond donors (Lipinski definition) is 1. The molecule has 4 nitrogen and oxygen atoms in total. The molecule has 0 radical (unpaired) electrons. The van der Waals surface area contributed by atoms with Crippen molar-refractivity contribution in [3.05, 3.63) is 35.4 Å². The van der Waals surface area contributed by atoms with Gasteiger partial charge in [-0.05, 0) is 36.8 Å². The maximum atomic E-state index is 6.62. The van der Waals surface area contributed by atoms with E-state index in [2.05, 4.69) is 24.3 Å². The monoisotopic (exact) mass is 293 g/mol. The Balaban J connectivity index is 1.71. The van der Waals surface area contributed by atoms with Crippen molar-refractivity contribution < 1.29 is 14.2 Å². The topological polar surface area (TPSA) is 53.7 Å². The van der Waals surface area contributed by atoms with Crippen LogP contribution in [0.25, 0.3) is 0 Å². The van der Waals surface area contributed by atoms with E-state index in [0.717, 1.165) is 25.7 Å². The average molecular weight is 293 g/mol. The summed E-state index contributed by atoms with van der Waals surface area (Å²) in [6.45, 7) is 3.15. The molecule has 1 atom stereocenters. The second-order valence-electron chi connectivity index (χ2n) is 5.63. The van der Waals surface area contributed by atoms with E-state index in [-0.39, 0.29) is 5.54 Å². The Morgan fingerprint density at radius 3 is 2.57 bits per heavy atom. The number of benzene rings is 1. The summed E-state index contributed by atoms with van der Waals surface area (Å²) in [5, 5.41) is 0. The van der Waals surface area contributed by atoms with Crippen LogP contribution in [0.4, 0.5) is 0 Å². The third kappa shape index (κ3) is 4.78. The Bertz CT molecular complexity index is 424. The summed E-state index contributed by atoms with van der Waals surface area (Å²) in [5.74, 6) is 0. The molecule has 0 saturated heterocycles. The van der Waals surface area contributed by atoms with Crippen LogP contribution in [0, 0.1) is 0 Å². The van der Waals surface area contributed by atoms with E-state index in [1.807, 2.05) is 0 Å². The number of hydrogen-bond acceptors (Lipinski definition) is 4. The highest BCUT2D eigenvalue weighted by Crippen LogP contribution is 2.35. The van der Waals surface area contributed by atoms with Gasteiger partial charge in [-0.2, -0.15) is 0 Å². The molecule has 1 aliphatic carbocycles. The Morgan fingerprint density at radius 1 is 1.05 bits per heavy atom. The smallest absolute Gasteiger partial charge is 0.0701 e. The van der Waals surface area contributed by atoms with Crippen molar-refractivity contribution in [2.24, 2.45) is 5.73 Å². The standard InChI is InChI=1S/C17H27NO3/c1-19-11-12-21-14-13-20-10-9-17(18)8-4-6-15-5-2-3-7-16(15)17/h2-3,5,7H,4,6,8-14,18H2,1H3. The van der Waals surface area contributed by atoms with Gasteiger partial charge >= 0.3 is 0 Å². The maximum absolute atomic E-state index is 6.62. The summed E-state index contributed by atoms with van der Waals surface area (Å²) < 4.78 is 15.9. The van der Waals surface area contributed by atoms with Gasteiger partial charge in [-0.1, -0.05) is 24.3 Å². The van der Waals surface area contributed by atoms with Gasteiger partial charge in [0.25, 0.3) is 0 Å². The lowest BCUT2D eigenvalue weighted by atomic mass is 9.75. The van der Waals surface area contributed by atoms with Crippen LogP contribution >= 0.6 is 0 Å². The SMILES string of the molecule is COCCOCCOCCC1(N)CCCc2ccccc21. The molecule has 2 N–H and O–H groups in total. The molecule has 1 aromatic carbocycles. The van der Waals surface area contributed by atoms with E-state index in [9.17, 15) is 0 Å². The molecule has 0 spiro atoms. The molecule has 21 heavy (non-hydrogen) atoms. The van der Waals surface area contributed by atoms with Gasteiger partial charge in [0.1, 0.15) is 0 Å². The molecule has 118 valence electrons. The maximum Gasteiger partial charge on any atom is 0.0701 e. The van der Waals surface area contributed by atoms with Crippen molar-refractivity contribution in [2.75, 3.05) is 40.1 Å². The second kappa shape index (κ2) is 8.49. The van der Waals surface area contributed by atoms with Crippen molar-refractivity contribution >= 4 is 0 Å². The molecule has 0 saturated carbocycles. The quantitative estimate of drug-likeness (QED) is 0.710. The van der Waals surface area contributed by atoms with Crippen LogP contribution in [-0.4, -0.2) is 40.1 Å². The zero-order chi connectivity index (χ0) is 15.0.